The molecule has 1 amide bonds. The Labute approximate surface area is 195 Å². The first-order valence-corrected chi connectivity index (χ1v) is 10.7. The van der Waals surface area contributed by atoms with Gasteiger partial charge in [0.15, 0.2) is 0 Å². The van der Waals surface area contributed by atoms with E-state index in [1.807, 2.05) is 49.4 Å². The maximum absolute atomic E-state index is 12.5. The number of carbonyl (C=O) groups excluding carboxylic acids is 1. The van der Waals surface area contributed by atoms with E-state index in [4.69, 9.17) is 34.8 Å². The average molecular weight is 471 g/mol. The van der Waals surface area contributed by atoms with Gasteiger partial charge in [0.25, 0.3) is 5.91 Å². The molecule has 0 saturated carbocycles. The normalized spacial score (nSPS) is 10.8. The standard InChI is InChI=1S/C24H18Cl3N3O/c1-14-3-2-4-20(26)19(14)13-28-24(31)16-7-5-15(6-8-16)22-12-23(30-29-22)18-10-9-17(25)11-21(18)27/h2-12H,13H2,1H3,(H,28,31)(H,29,30). The molecule has 0 spiro atoms. The molecule has 0 bridgehead atoms. The molecule has 0 atom stereocenters. The van der Waals surface area contributed by atoms with Crippen LogP contribution in [-0.4, -0.2) is 16.1 Å². The average Bonchev–Trinajstić information content (AvgIpc) is 3.23. The van der Waals surface area contributed by atoms with Crippen LogP contribution in [0.3, 0.4) is 0 Å². The first-order valence-electron chi connectivity index (χ1n) is 9.56. The molecular formula is C24H18Cl3N3O. The number of aryl methyl sites for hydroxylation is 1. The van der Waals surface area contributed by atoms with E-state index in [1.54, 1.807) is 24.3 Å². The van der Waals surface area contributed by atoms with E-state index in [2.05, 4.69) is 15.5 Å². The molecule has 1 heterocycles. The van der Waals surface area contributed by atoms with E-state index in [0.717, 1.165) is 33.6 Å². The molecule has 0 radical (unpaired) electrons. The first-order chi connectivity index (χ1) is 14.9. The van der Waals surface area contributed by atoms with E-state index in [9.17, 15) is 4.79 Å². The zero-order valence-corrected chi connectivity index (χ0v) is 18.8. The molecule has 0 aliphatic rings. The van der Waals surface area contributed by atoms with Crippen LogP contribution >= 0.6 is 34.8 Å². The van der Waals surface area contributed by atoms with Gasteiger partial charge in [-0.2, -0.15) is 5.10 Å². The molecule has 4 nitrogen and oxygen atoms in total. The fraction of sp³-hybridized carbons (Fsp3) is 0.0833. The third-order valence-electron chi connectivity index (χ3n) is 5.02. The highest BCUT2D eigenvalue weighted by Gasteiger charge is 2.12. The molecule has 1 aromatic heterocycles. The summed E-state index contributed by atoms with van der Waals surface area (Å²) in [5, 5.41) is 12.0. The highest BCUT2D eigenvalue weighted by molar-refractivity contribution is 6.36. The maximum Gasteiger partial charge on any atom is 0.251 e. The van der Waals surface area contributed by atoms with E-state index >= 15 is 0 Å². The van der Waals surface area contributed by atoms with Gasteiger partial charge >= 0.3 is 0 Å². The lowest BCUT2D eigenvalue weighted by molar-refractivity contribution is 0.0951. The van der Waals surface area contributed by atoms with E-state index < -0.39 is 0 Å². The topological polar surface area (TPSA) is 57.8 Å². The summed E-state index contributed by atoms with van der Waals surface area (Å²) in [5.74, 6) is -0.165. The molecule has 0 aliphatic carbocycles. The number of halogens is 3. The van der Waals surface area contributed by atoms with Gasteiger partial charge in [0, 0.05) is 33.3 Å². The minimum absolute atomic E-state index is 0.165. The van der Waals surface area contributed by atoms with Crippen LogP contribution in [0.4, 0.5) is 0 Å². The van der Waals surface area contributed by atoms with Crippen molar-refractivity contribution in [3.63, 3.8) is 0 Å². The third-order valence-corrected chi connectivity index (χ3v) is 5.92. The predicted molar refractivity (Wildman–Crippen MR) is 127 cm³/mol. The van der Waals surface area contributed by atoms with Crippen LogP contribution in [0.2, 0.25) is 15.1 Å². The van der Waals surface area contributed by atoms with Gasteiger partial charge < -0.3 is 5.32 Å². The Kier molecular flexibility index (Phi) is 6.33. The van der Waals surface area contributed by atoms with Crippen LogP contribution in [0.25, 0.3) is 22.5 Å². The fourth-order valence-electron chi connectivity index (χ4n) is 3.27. The number of amides is 1. The van der Waals surface area contributed by atoms with Crippen molar-refractivity contribution in [3.05, 3.63) is 98.5 Å². The third kappa shape index (κ3) is 4.77. The Bertz CT molecular complexity index is 1230. The van der Waals surface area contributed by atoms with Crippen molar-refractivity contribution < 1.29 is 4.79 Å². The number of hydrogen-bond acceptors (Lipinski definition) is 2. The van der Waals surface area contributed by atoms with Crippen LogP contribution in [0.1, 0.15) is 21.5 Å². The Morgan fingerprint density at radius 3 is 2.45 bits per heavy atom. The van der Waals surface area contributed by atoms with Gasteiger partial charge in [-0.05, 0) is 60.5 Å². The van der Waals surface area contributed by atoms with Gasteiger partial charge in [-0.1, -0.05) is 59.1 Å². The second kappa shape index (κ2) is 9.15. The van der Waals surface area contributed by atoms with Crippen molar-refractivity contribution in [3.8, 4) is 22.5 Å². The lowest BCUT2D eigenvalue weighted by Crippen LogP contribution is -2.23. The molecular weight excluding hydrogens is 453 g/mol. The van der Waals surface area contributed by atoms with E-state index in [-0.39, 0.29) is 5.91 Å². The summed E-state index contributed by atoms with van der Waals surface area (Å²) >= 11 is 18.5. The Morgan fingerprint density at radius 1 is 0.968 bits per heavy atom. The van der Waals surface area contributed by atoms with Crippen molar-refractivity contribution in [1.29, 1.82) is 0 Å². The van der Waals surface area contributed by atoms with Crippen LogP contribution in [0, 0.1) is 6.92 Å². The minimum Gasteiger partial charge on any atom is -0.348 e. The van der Waals surface area contributed by atoms with Crippen LogP contribution in [0.5, 0.6) is 0 Å². The van der Waals surface area contributed by atoms with Crippen molar-refractivity contribution in [2.75, 3.05) is 0 Å². The number of rotatable bonds is 5. The number of H-pyrrole nitrogens is 1. The lowest BCUT2D eigenvalue weighted by Gasteiger charge is -2.10. The number of aromatic amines is 1. The SMILES string of the molecule is Cc1cccc(Cl)c1CNC(=O)c1ccc(-c2cc(-c3ccc(Cl)cc3Cl)[nH]n2)cc1. The monoisotopic (exact) mass is 469 g/mol. The summed E-state index contributed by atoms with van der Waals surface area (Å²) < 4.78 is 0. The van der Waals surface area contributed by atoms with Crippen LogP contribution in [-0.2, 0) is 6.54 Å². The molecule has 156 valence electrons. The highest BCUT2D eigenvalue weighted by atomic mass is 35.5. The second-order valence-corrected chi connectivity index (χ2v) is 8.34. The van der Waals surface area contributed by atoms with Crippen LogP contribution in [0.15, 0.2) is 66.7 Å². The predicted octanol–water partition coefficient (Wildman–Crippen LogP) is 6.94. The number of carbonyl (C=O) groups is 1. The molecule has 31 heavy (non-hydrogen) atoms. The fourth-order valence-corrected chi connectivity index (χ4v) is 4.07. The molecule has 4 aromatic rings. The quantitative estimate of drug-likeness (QED) is 0.332. The molecule has 2 N–H and O–H groups in total. The Balaban J connectivity index is 1.47. The summed E-state index contributed by atoms with van der Waals surface area (Å²) in [4.78, 5) is 12.5. The molecule has 3 aromatic carbocycles. The van der Waals surface area contributed by atoms with E-state index in [0.29, 0.717) is 27.2 Å². The largest absolute Gasteiger partial charge is 0.348 e. The van der Waals surface area contributed by atoms with Gasteiger partial charge in [0.05, 0.1) is 16.4 Å². The second-order valence-electron chi connectivity index (χ2n) is 7.09. The molecule has 0 saturated heterocycles. The number of nitrogens with one attached hydrogen (secondary N) is 2. The summed E-state index contributed by atoms with van der Waals surface area (Å²) in [6.45, 7) is 2.34. The zero-order valence-electron chi connectivity index (χ0n) is 16.5. The molecule has 0 unspecified atom stereocenters. The van der Waals surface area contributed by atoms with Crippen molar-refractivity contribution in [2.24, 2.45) is 0 Å². The summed E-state index contributed by atoms with van der Waals surface area (Å²) in [6.07, 6.45) is 0. The first kappa shape index (κ1) is 21.4. The number of nitrogens with zero attached hydrogens (tertiary/aromatic N) is 1. The summed E-state index contributed by atoms with van der Waals surface area (Å²) in [7, 11) is 0. The van der Waals surface area contributed by atoms with Gasteiger partial charge in [-0.3, -0.25) is 9.89 Å². The van der Waals surface area contributed by atoms with Crippen LogP contribution < -0.4 is 5.32 Å². The maximum atomic E-state index is 12.5. The van der Waals surface area contributed by atoms with Crippen molar-refractivity contribution in [1.82, 2.24) is 15.5 Å². The van der Waals surface area contributed by atoms with E-state index in [1.165, 1.54) is 0 Å². The number of hydrogen-bond donors (Lipinski definition) is 2. The zero-order chi connectivity index (χ0) is 22.0. The van der Waals surface area contributed by atoms with Crippen molar-refractivity contribution >= 4 is 40.7 Å². The van der Waals surface area contributed by atoms with Gasteiger partial charge in [0.1, 0.15) is 0 Å². The number of aromatic nitrogens is 2. The van der Waals surface area contributed by atoms with Gasteiger partial charge in [-0.15, -0.1) is 0 Å². The molecule has 4 rings (SSSR count). The molecule has 0 aliphatic heterocycles. The van der Waals surface area contributed by atoms with Gasteiger partial charge in [-0.25, -0.2) is 0 Å². The molecule has 7 heteroatoms. The lowest BCUT2D eigenvalue weighted by atomic mass is 10.1. The highest BCUT2D eigenvalue weighted by Crippen LogP contribution is 2.31. The minimum atomic E-state index is -0.165. The summed E-state index contributed by atoms with van der Waals surface area (Å²) in [6, 6.07) is 20.2. The van der Waals surface area contributed by atoms with Crippen molar-refractivity contribution in [2.45, 2.75) is 13.5 Å². The number of benzene rings is 3. The van der Waals surface area contributed by atoms with Gasteiger partial charge in [0.2, 0.25) is 0 Å². The molecule has 0 fully saturated rings. The smallest absolute Gasteiger partial charge is 0.251 e. The Hall–Kier alpha value is -2.79. The Morgan fingerprint density at radius 2 is 1.74 bits per heavy atom. The summed E-state index contributed by atoms with van der Waals surface area (Å²) in [5.41, 5.74) is 5.75.